The monoisotopic (exact) mass is 552 g/mol. The number of rotatable bonds is 8. The molecule has 0 aliphatic carbocycles. The van der Waals surface area contributed by atoms with Gasteiger partial charge in [-0.15, -0.1) is 0 Å². The lowest BCUT2D eigenvalue weighted by Gasteiger charge is -2.35. The number of likely N-dealkylation sites (tertiary alicyclic amines) is 1. The van der Waals surface area contributed by atoms with Crippen molar-refractivity contribution in [2.45, 2.75) is 42.4 Å². The maximum Gasteiger partial charge on any atom is 0.264 e. The third-order valence-corrected chi connectivity index (χ3v) is 10.4. The van der Waals surface area contributed by atoms with E-state index in [2.05, 4.69) is 4.90 Å². The molecule has 2 aromatic carbocycles. The van der Waals surface area contributed by atoms with Gasteiger partial charge in [0.15, 0.2) is 0 Å². The zero-order valence-corrected chi connectivity index (χ0v) is 22.3. The summed E-state index contributed by atoms with van der Waals surface area (Å²) in [5.41, 5.74) is 0.308. The lowest BCUT2D eigenvalue weighted by Crippen LogP contribution is -2.43. The molecule has 0 aromatic heterocycles. The molecule has 1 aliphatic rings. The average Bonchev–Trinajstić information content (AvgIpc) is 2.74. The number of sulfonamides is 1. The topological polar surface area (TPSA) is 74.8 Å². The normalized spacial score (nSPS) is 17.1. The molecule has 0 bridgehead atoms. The van der Waals surface area contributed by atoms with E-state index in [1.165, 1.54) is 34.8 Å². The molecule has 0 unspecified atom stereocenters. The SMILES string of the molecule is C[C@H](CCN1CCC(S(C)(=O)=O)CC1)N(c1cc(Cl)ccc1Cl)S(=O)(=O)c1ccc(Cl)cc1. The van der Waals surface area contributed by atoms with Crippen LogP contribution < -0.4 is 4.31 Å². The van der Waals surface area contributed by atoms with Gasteiger partial charge < -0.3 is 4.90 Å². The van der Waals surface area contributed by atoms with Crippen molar-refractivity contribution >= 4 is 60.4 Å². The van der Waals surface area contributed by atoms with Crippen LogP contribution >= 0.6 is 34.8 Å². The fraction of sp³-hybridized carbons (Fsp3) is 0.455. The predicted octanol–water partition coefficient (Wildman–Crippen LogP) is 5.13. The maximum absolute atomic E-state index is 13.7. The zero-order valence-electron chi connectivity index (χ0n) is 18.4. The Balaban J connectivity index is 1.84. The van der Waals surface area contributed by atoms with Crippen LogP contribution in [0.15, 0.2) is 47.4 Å². The van der Waals surface area contributed by atoms with Gasteiger partial charge in [0.25, 0.3) is 10.0 Å². The van der Waals surface area contributed by atoms with E-state index in [0.29, 0.717) is 54.6 Å². The number of halogens is 3. The minimum atomic E-state index is -3.96. The summed E-state index contributed by atoms with van der Waals surface area (Å²) in [7, 11) is -7.00. The summed E-state index contributed by atoms with van der Waals surface area (Å²) in [4.78, 5) is 2.27. The highest BCUT2D eigenvalue weighted by molar-refractivity contribution is 7.93. The Morgan fingerprint density at radius 3 is 2.12 bits per heavy atom. The highest BCUT2D eigenvalue weighted by Crippen LogP contribution is 2.35. The van der Waals surface area contributed by atoms with Crippen molar-refractivity contribution in [3.05, 3.63) is 57.5 Å². The van der Waals surface area contributed by atoms with Gasteiger partial charge >= 0.3 is 0 Å². The summed E-state index contributed by atoms with van der Waals surface area (Å²) in [5.74, 6) is 0. The number of benzene rings is 2. The highest BCUT2D eigenvalue weighted by atomic mass is 35.5. The Bertz CT molecular complexity index is 1180. The fourth-order valence-electron chi connectivity index (χ4n) is 4.03. The molecule has 1 aliphatic heterocycles. The first-order chi connectivity index (χ1) is 15.4. The van der Waals surface area contributed by atoms with Crippen molar-refractivity contribution in [3.63, 3.8) is 0 Å². The number of hydrogen-bond donors (Lipinski definition) is 0. The van der Waals surface area contributed by atoms with E-state index in [4.69, 9.17) is 34.8 Å². The van der Waals surface area contributed by atoms with Crippen LogP contribution in [0.4, 0.5) is 5.69 Å². The van der Waals surface area contributed by atoms with Gasteiger partial charge in [-0.3, -0.25) is 4.31 Å². The van der Waals surface area contributed by atoms with E-state index in [1.54, 1.807) is 18.2 Å². The number of anilines is 1. The smallest absolute Gasteiger partial charge is 0.264 e. The molecule has 0 amide bonds. The maximum atomic E-state index is 13.7. The lowest BCUT2D eigenvalue weighted by atomic mass is 10.1. The second kappa shape index (κ2) is 10.7. The Kier molecular flexibility index (Phi) is 8.62. The molecule has 3 rings (SSSR count). The molecular weight excluding hydrogens is 527 g/mol. The molecule has 0 saturated carbocycles. The van der Waals surface area contributed by atoms with Gasteiger partial charge in [0.1, 0.15) is 9.84 Å². The third kappa shape index (κ3) is 6.55. The van der Waals surface area contributed by atoms with Gasteiger partial charge in [0, 0.05) is 28.9 Å². The first kappa shape index (κ1) is 26.6. The summed E-state index contributed by atoms with van der Waals surface area (Å²) in [6, 6.07) is 10.3. The Hall–Kier alpha value is -1.03. The largest absolute Gasteiger partial charge is 0.303 e. The fourth-order valence-corrected chi connectivity index (χ4v) is 7.34. The van der Waals surface area contributed by atoms with E-state index < -0.39 is 25.9 Å². The van der Waals surface area contributed by atoms with Crippen LogP contribution in [0.3, 0.4) is 0 Å². The van der Waals surface area contributed by atoms with Crippen LogP contribution in [0.5, 0.6) is 0 Å². The summed E-state index contributed by atoms with van der Waals surface area (Å²) < 4.78 is 52.2. The van der Waals surface area contributed by atoms with Gasteiger partial charge in [-0.1, -0.05) is 34.8 Å². The van der Waals surface area contributed by atoms with Crippen molar-refractivity contribution in [2.75, 3.05) is 30.2 Å². The van der Waals surface area contributed by atoms with Crippen LogP contribution in [0, 0.1) is 0 Å². The second-order valence-corrected chi connectivity index (χ2v) is 13.8. The van der Waals surface area contributed by atoms with Gasteiger partial charge in [-0.25, -0.2) is 16.8 Å². The first-order valence-corrected chi connectivity index (χ1v) is 15.1. The van der Waals surface area contributed by atoms with Crippen LogP contribution in [0.2, 0.25) is 15.1 Å². The lowest BCUT2D eigenvalue weighted by molar-refractivity contribution is 0.224. The van der Waals surface area contributed by atoms with Crippen LogP contribution in [-0.4, -0.2) is 58.9 Å². The third-order valence-electron chi connectivity index (χ3n) is 5.92. The van der Waals surface area contributed by atoms with Gasteiger partial charge in [0.05, 0.1) is 20.9 Å². The molecule has 182 valence electrons. The minimum absolute atomic E-state index is 0.101. The Labute approximate surface area is 211 Å². The predicted molar refractivity (Wildman–Crippen MR) is 136 cm³/mol. The molecule has 0 N–H and O–H groups in total. The Morgan fingerprint density at radius 2 is 1.55 bits per heavy atom. The second-order valence-electron chi connectivity index (χ2n) is 8.36. The summed E-state index contributed by atoms with van der Waals surface area (Å²) in [6.07, 6.45) is 2.98. The molecule has 6 nitrogen and oxygen atoms in total. The van der Waals surface area contributed by atoms with Crippen molar-refractivity contribution < 1.29 is 16.8 Å². The summed E-state index contributed by atoms with van der Waals surface area (Å²) in [6.45, 7) is 3.77. The molecule has 0 spiro atoms. The molecule has 2 aromatic rings. The quantitative estimate of drug-likeness (QED) is 0.453. The number of piperidine rings is 1. The van der Waals surface area contributed by atoms with E-state index >= 15 is 0 Å². The van der Waals surface area contributed by atoms with Crippen molar-refractivity contribution in [3.8, 4) is 0 Å². The van der Waals surface area contributed by atoms with E-state index in [-0.39, 0.29) is 15.2 Å². The molecule has 11 heteroatoms. The number of sulfone groups is 1. The molecular formula is C22H27Cl3N2O4S2. The molecule has 0 radical (unpaired) electrons. The molecule has 33 heavy (non-hydrogen) atoms. The average molecular weight is 554 g/mol. The minimum Gasteiger partial charge on any atom is -0.303 e. The highest BCUT2D eigenvalue weighted by Gasteiger charge is 2.32. The molecule has 1 fully saturated rings. The molecule has 1 heterocycles. The summed E-state index contributed by atoms with van der Waals surface area (Å²) in [5, 5.41) is 0.781. The van der Waals surface area contributed by atoms with E-state index in [0.717, 1.165) is 0 Å². The first-order valence-electron chi connectivity index (χ1n) is 10.6. The summed E-state index contributed by atoms with van der Waals surface area (Å²) >= 11 is 18.5. The number of nitrogens with zero attached hydrogens (tertiary/aromatic N) is 2. The van der Waals surface area contributed by atoms with Gasteiger partial charge in [-0.05, 0) is 81.7 Å². The van der Waals surface area contributed by atoms with E-state index in [1.807, 2.05) is 6.92 Å². The van der Waals surface area contributed by atoms with Crippen molar-refractivity contribution in [2.24, 2.45) is 0 Å². The Morgan fingerprint density at radius 1 is 0.970 bits per heavy atom. The van der Waals surface area contributed by atoms with Crippen molar-refractivity contribution in [1.29, 1.82) is 0 Å². The molecule has 1 saturated heterocycles. The molecule has 1 atom stereocenters. The standard InChI is InChI=1S/C22H27Cl3N2O4S2/c1-16(9-12-26-13-10-19(11-14-26)32(2,28)29)27(22-15-18(24)5-8-21(22)25)33(30,31)20-6-3-17(23)4-7-20/h3-8,15-16,19H,9-14H2,1-2H3/t16-/m1/s1. The van der Waals surface area contributed by atoms with Crippen LogP contribution in [-0.2, 0) is 19.9 Å². The van der Waals surface area contributed by atoms with Crippen LogP contribution in [0.1, 0.15) is 26.2 Å². The van der Waals surface area contributed by atoms with E-state index in [9.17, 15) is 16.8 Å². The van der Waals surface area contributed by atoms with Crippen molar-refractivity contribution in [1.82, 2.24) is 4.90 Å². The number of hydrogen-bond acceptors (Lipinski definition) is 5. The van der Waals surface area contributed by atoms with Gasteiger partial charge in [-0.2, -0.15) is 0 Å². The van der Waals surface area contributed by atoms with Crippen LogP contribution in [0.25, 0.3) is 0 Å². The van der Waals surface area contributed by atoms with Gasteiger partial charge in [0.2, 0.25) is 0 Å². The zero-order chi connectivity index (χ0) is 24.4.